The van der Waals surface area contributed by atoms with Crippen LogP contribution in [-0.4, -0.2) is 44.7 Å². The van der Waals surface area contributed by atoms with Gasteiger partial charge in [0.2, 0.25) is 5.91 Å². The molecule has 8 heteroatoms. The van der Waals surface area contributed by atoms with Crippen LogP contribution in [0.2, 0.25) is 0 Å². The fourth-order valence-electron chi connectivity index (χ4n) is 3.60. The molecule has 2 aromatic carbocycles. The monoisotopic (exact) mass is 416 g/mol. The summed E-state index contributed by atoms with van der Waals surface area (Å²) in [5.74, 6) is -1.29. The summed E-state index contributed by atoms with van der Waals surface area (Å²) in [6, 6.07) is 12.0. The molecule has 3 rings (SSSR count). The molecular formula is C21H24N2O5S. The van der Waals surface area contributed by atoms with Gasteiger partial charge in [-0.15, -0.1) is 0 Å². The molecule has 0 saturated carbocycles. The van der Waals surface area contributed by atoms with Crippen molar-refractivity contribution in [3.05, 3.63) is 64.7 Å². The second kappa shape index (κ2) is 8.54. The van der Waals surface area contributed by atoms with E-state index in [9.17, 15) is 24.9 Å². The number of hydrogen-bond donors (Lipinski definition) is 5. The summed E-state index contributed by atoms with van der Waals surface area (Å²) >= 11 is 1.45. The molecule has 0 spiro atoms. The van der Waals surface area contributed by atoms with Gasteiger partial charge in [-0.05, 0) is 41.2 Å². The fraction of sp³-hybridized carbons (Fsp3) is 0.333. The van der Waals surface area contributed by atoms with E-state index in [1.807, 2.05) is 6.26 Å². The van der Waals surface area contributed by atoms with Gasteiger partial charge in [-0.2, -0.15) is 11.8 Å². The van der Waals surface area contributed by atoms with Crippen molar-refractivity contribution in [2.24, 2.45) is 5.73 Å². The number of hydrogen-bond acceptors (Lipinski definition) is 6. The molecule has 0 bridgehead atoms. The lowest BCUT2D eigenvalue weighted by Gasteiger charge is -2.31. The van der Waals surface area contributed by atoms with Crippen molar-refractivity contribution in [2.75, 3.05) is 17.3 Å². The van der Waals surface area contributed by atoms with E-state index in [0.29, 0.717) is 33.7 Å². The fourth-order valence-corrected chi connectivity index (χ4v) is 4.17. The molecule has 3 atom stereocenters. The van der Waals surface area contributed by atoms with E-state index in [1.165, 1.54) is 11.8 Å². The van der Waals surface area contributed by atoms with Crippen molar-refractivity contribution in [3.8, 4) is 0 Å². The van der Waals surface area contributed by atoms with Crippen LogP contribution in [0, 0.1) is 0 Å². The first-order valence-electron chi connectivity index (χ1n) is 9.17. The number of rotatable bonds is 7. The number of carbonyl (C=O) groups is 2. The Morgan fingerprint density at radius 1 is 1.07 bits per heavy atom. The van der Waals surface area contributed by atoms with Gasteiger partial charge in [0.1, 0.15) is 17.7 Å². The van der Waals surface area contributed by atoms with Crippen LogP contribution in [0.25, 0.3) is 0 Å². The number of nitrogens with one attached hydrogen (secondary N) is 1. The normalized spacial score (nSPS) is 19.6. The van der Waals surface area contributed by atoms with Crippen molar-refractivity contribution in [1.82, 2.24) is 0 Å². The molecule has 0 aromatic heterocycles. The molecule has 0 aliphatic heterocycles. The van der Waals surface area contributed by atoms with Gasteiger partial charge >= 0.3 is 5.97 Å². The third-order valence-electron chi connectivity index (χ3n) is 5.22. The number of carboxylic acids is 1. The molecule has 0 heterocycles. The highest BCUT2D eigenvalue weighted by molar-refractivity contribution is 7.98. The third kappa shape index (κ3) is 4.16. The highest BCUT2D eigenvalue weighted by Crippen LogP contribution is 2.43. The number of aliphatic hydroxyl groups excluding tert-OH is 2. The number of nitrogens with two attached hydrogens (primary N) is 1. The van der Waals surface area contributed by atoms with Crippen molar-refractivity contribution in [3.63, 3.8) is 0 Å². The number of aliphatic hydroxyl groups is 2. The molecule has 0 fully saturated rings. The number of carboxylic acid groups (broad SMARTS) is 1. The summed E-state index contributed by atoms with van der Waals surface area (Å²) in [6.45, 7) is 0. The first kappa shape index (κ1) is 21.3. The van der Waals surface area contributed by atoms with Crippen molar-refractivity contribution < 1.29 is 24.9 Å². The Morgan fingerprint density at radius 2 is 1.69 bits per heavy atom. The molecule has 1 aliphatic carbocycles. The van der Waals surface area contributed by atoms with E-state index in [0.717, 1.165) is 0 Å². The Bertz CT molecular complexity index is 935. The molecular weight excluding hydrogens is 392 g/mol. The van der Waals surface area contributed by atoms with Gasteiger partial charge in [0.25, 0.3) is 0 Å². The Hall–Kier alpha value is -2.39. The smallest absolute Gasteiger partial charge is 0.324 e. The van der Waals surface area contributed by atoms with Crippen LogP contribution in [0.15, 0.2) is 42.5 Å². The van der Waals surface area contributed by atoms with Crippen LogP contribution in [0.5, 0.6) is 0 Å². The minimum absolute atomic E-state index is 0.151. The van der Waals surface area contributed by atoms with Gasteiger partial charge in [0, 0.05) is 11.3 Å². The summed E-state index contributed by atoms with van der Waals surface area (Å²) in [7, 11) is 0. The Balaban J connectivity index is 1.88. The third-order valence-corrected chi connectivity index (χ3v) is 5.83. The highest BCUT2D eigenvalue weighted by atomic mass is 32.2. The number of anilines is 1. The van der Waals surface area contributed by atoms with E-state index >= 15 is 0 Å². The Kier molecular flexibility index (Phi) is 6.28. The number of benzene rings is 2. The van der Waals surface area contributed by atoms with Crippen molar-refractivity contribution >= 4 is 29.3 Å². The van der Waals surface area contributed by atoms with Crippen LogP contribution in [0.4, 0.5) is 5.69 Å². The van der Waals surface area contributed by atoms with Crippen molar-refractivity contribution in [2.45, 2.75) is 30.6 Å². The quantitative estimate of drug-likeness (QED) is 0.466. The number of aliphatic carboxylic acids is 1. The molecule has 0 radical (unpaired) electrons. The summed E-state index contributed by atoms with van der Waals surface area (Å²) < 4.78 is 0. The molecule has 0 saturated heterocycles. The minimum atomic E-state index is -1.67. The van der Waals surface area contributed by atoms with Crippen LogP contribution >= 0.6 is 11.8 Å². The zero-order valence-electron chi connectivity index (χ0n) is 16.0. The van der Waals surface area contributed by atoms with Gasteiger partial charge in [-0.25, -0.2) is 0 Å². The van der Waals surface area contributed by atoms with E-state index in [4.69, 9.17) is 5.73 Å². The number of fused-ring (bicyclic) bond motifs is 2. The second-order valence-corrected chi connectivity index (χ2v) is 8.16. The van der Waals surface area contributed by atoms with E-state index < -0.39 is 36.0 Å². The van der Waals surface area contributed by atoms with Crippen LogP contribution in [0.1, 0.15) is 47.3 Å². The Morgan fingerprint density at radius 3 is 2.31 bits per heavy atom. The SMILES string of the molecule is CSCCC(N)(CC(=O)Nc1cccc2c1C(O)c1ccccc1C2O)C(=O)O. The standard InChI is InChI=1S/C21H24N2O5S/c1-29-10-9-21(22,20(27)28)11-16(24)23-15-8-4-7-14-17(15)19(26)13-6-3-2-5-12(13)18(14)25/h2-8,18-19,25-26H,9-11,22H2,1H3,(H,23,24)(H,27,28). The summed E-state index contributed by atoms with van der Waals surface area (Å²) in [4.78, 5) is 24.2. The van der Waals surface area contributed by atoms with Crippen LogP contribution in [-0.2, 0) is 9.59 Å². The van der Waals surface area contributed by atoms with Crippen LogP contribution < -0.4 is 11.1 Å². The Labute approximate surface area is 172 Å². The number of amides is 1. The zero-order valence-corrected chi connectivity index (χ0v) is 16.8. The molecule has 154 valence electrons. The van der Waals surface area contributed by atoms with Gasteiger partial charge in [0.05, 0.1) is 6.42 Å². The van der Waals surface area contributed by atoms with Crippen LogP contribution in [0.3, 0.4) is 0 Å². The van der Waals surface area contributed by atoms with Crippen molar-refractivity contribution in [1.29, 1.82) is 0 Å². The topological polar surface area (TPSA) is 133 Å². The van der Waals surface area contributed by atoms with Gasteiger partial charge in [0.15, 0.2) is 0 Å². The maximum absolute atomic E-state index is 12.6. The molecule has 1 aliphatic rings. The first-order valence-corrected chi connectivity index (χ1v) is 10.6. The average Bonchev–Trinajstić information content (AvgIpc) is 2.70. The average molecular weight is 416 g/mol. The van der Waals surface area contributed by atoms with E-state index in [-0.39, 0.29) is 6.42 Å². The number of carbonyl (C=O) groups excluding carboxylic acids is 1. The molecule has 7 nitrogen and oxygen atoms in total. The maximum Gasteiger partial charge on any atom is 0.324 e. The predicted octanol–water partition coefficient (Wildman–Crippen LogP) is 2.03. The summed E-state index contributed by atoms with van der Waals surface area (Å²) in [5.41, 5.74) is 6.69. The summed E-state index contributed by atoms with van der Waals surface area (Å²) in [5, 5.41) is 33.7. The van der Waals surface area contributed by atoms with E-state index in [1.54, 1.807) is 42.5 Å². The maximum atomic E-state index is 12.6. The predicted molar refractivity (Wildman–Crippen MR) is 112 cm³/mol. The zero-order chi connectivity index (χ0) is 21.2. The molecule has 3 unspecified atom stereocenters. The molecule has 1 amide bonds. The lowest BCUT2D eigenvalue weighted by Crippen LogP contribution is -2.50. The molecule has 2 aromatic rings. The lowest BCUT2D eigenvalue weighted by molar-refractivity contribution is -0.145. The molecule has 6 N–H and O–H groups in total. The summed E-state index contributed by atoms with van der Waals surface area (Å²) in [6.07, 6.45) is -0.376. The van der Waals surface area contributed by atoms with Gasteiger partial charge in [-0.1, -0.05) is 36.4 Å². The van der Waals surface area contributed by atoms with Gasteiger partial charge < -0.3 is 26.4 Å². The minimum Gasteiger partial charge on any atom is -0.480 e. The second-order valence-electron chi connectivity index (χ2n) is 7.17. The van der Waals surface area contributed by atoms with Gasteiger partial charge in [-0.3, -0.25) is 9.59 Å². The largest absolute Gasteiger partial charge is 0.480 e. The van der Waals surface area contributed by atoms with E-state index in [2.05, 4.69) is 5.32 Å². The number of thioether (sulfide) groups is 1. The highest BCUT2D eigenvalue weighted by Gasteiger charge is 2.37. The first-order chi connectivity index (χ1) is 13.8. The lowest BCUT2D eigenvalue weighted by atomic mass is 9.81. The molecule has 29 heavy (non-hydrogen) atoms.